The van der Waals surface area contributed by atoms with Gasteiger partial charge in [0.25, 0.3) is 0 Å². The van der Waals surface area contributed by atoms with Gasteiger partial charge >= 0.3 is 5.97 Å². The number of hydrogen-bond donors (Lipinski definition) is 2. The number of carbonyl (C=O) groups excluding carboxylic acids is 1. The van der Waals surface area contributed by atoms with Crippen molar-refractivity contribution in [3.05, 3.63) is 12.2 Å². The lowest BCUT2D eigenvalue weighted by molar-refractivity contribution is -0.135. The van der Waals surface area contributed by atoms with E-state index >= 15 is 0 Å². The quantitative estimate of drug-likeness (QED) is 0.286. The van der Waals surface area contributed by atoms with Gasteiger partial charge in [-0.05, 0) is 6.92 Å². The fourth-order valence-corrected chi connectivity index (χ4v) is 0.704. The molecule has 1 rings (SSSR count). The predicted octanol–water partition coefficient (Wildman–Crippen LogP) is -0.454. The summed E-state index contributed by atoms with van der Waals surface area (Å²) < 4.78 is 4.60. The fourth-order valence-electron chi connectivity index (χ4n) is 0.704. The summed E-state index contributed by atoms with van der Waals surface area (Å²) in [6.07, 6.45) is 1.19. The molecule has 0 aliphatic carbocycles. The lowest BCUT2D eigenvalue weighted by Gasteiger charge is -1.99. The second-order valence-electron chi connectivity index (χ2n) is 2.00. The lowest BCUT2D eigenvalue weighted by atomic mass is 10.3. The van der Waals surface area contributed by atoms with E-state index in [-0.39, 0.29) is 18.1 Å². The first kappa shape index (κ1) is 9.17. The Labute approximate surface area is 73.4 Å². The maximum atomic E-state index is 11.1. The first-order valence-electron chi connectivity index (χ1n) is 3.54. The fraction of sp³-hybridized carbons (Fsp3) is 0.333. The summed E-state index contributed by atoms with van der Waals surface area (Å²) in [5.41, 5.74) is -0.292. The summed E-state index contributed by atoms with van der Waals surface area (Å²) in [6, 6.07) is 0. The van der Waals surface area contributed by atoms with E-state index in [4.69, 9.17) is 5.21 Å². The molecule has 0 amide bonds. The van der Waals surface area contributed by atoms with Gasteiger partial charge in [0, 0.05) is 0 Å². The molecule has 0 saturated carbocycles. The molecule has 1 aromatic rings. The molecule has 0 radical (unpaired) electrons. The van der Waals surface area contributed by atoms with Crippen LogP contribution in [0.1, 0.15) is 12.7 Å². The van der Waals surface area contributed by atoms with Crippen LogP contribution in [0.3, 0.4) is 0 Å². The number of aromatic amines is 1. The monoisotopic (exact) mass is 184 g/mol. The van der Waals surface area contributed by atoms with Gasteiger partial charge in [-0.1, -0.05) is 5.16 Å². The largest absolute Gasteiger partial charge is 0.461 e. The van der Waals surface area contributed by atoms with Crippen LogP contribution in [0.25, 0.3) is 0 Å². The third-order valence-electron chi connectivity index (χ3n) is 1.21. The van der Waals surface area contributed by atoms with Crippen molar-refractivity contribution in [3.8, 4) is 0 Å². The molecular weight excluding hydrogens is 176 g/mol. The highest BCUT2D eigenvalue weighted by Gasteiger charge is 2.18. The van der Waals surface area contributed by atoms with Crippen molar-refractivity contribution in [2.75, 3.05) is 6.61 Å². The molecule has 0 saturated heterocycles. The van der Waals surface area contributed by atoms with E-state index < -0.39 is 5.97 Å². The molecule has 0 fully saturated rings. The van der Waals surface area contributed by atoms with Crippen LogP contribution in [0.15, 0.2) is 11.5 Å². The van der Waals surface area contributed by atoms with Gasteiger partial charge in [-0.2, -0.15) is 5.10 Å². The number of aromatic nitrogens is 3. The van der Waals surface area contributed by atoms with Gasteiger partial charge in [0.2, 0.25) is 5.71 Å². The van der Waals surface area contributed by atoms with Gasteiger partial charge in [0.1, 0.15) is 6.33 Å². The van der Waals surface area contributed by atoms with Gasteiger partial charge in [-0.3, -0.25) is 5.10 Å². The summed E-state index contributed by atoms with van der Waals surface area (Å²) in [6.45, 7) is 1.85. The van der Waals surface area contributed by atoms with Crippen LogP contribution in [0.4, 0.5) is 0 Å². The van der Waals surface area contributed by atoms with Crippen LogP contribution in [-0.4, -0.2) is 38.7 Å². The van der Waals surface area contributed by atoms with Crippen molar-refractivity contribution >= 4 is 11.7 Å². The zero-order valence-corrected chi connectivity index (χ0v) is 6.89. The third-order valence-corrected chi connectivity index (χ3v) is 1.21. The Balaban J connectivity index is 2.82. The van der Waals surface area contributed by atoms with Crippen LogP contribution >= 0.6 is 0 Å². The van der Waals surface area contributed by atoms with Crippen LogP contribution in [-0.2, 0) is 9.53 Å². The van der Waals surface area contributed by atoms with Crippen LogP contribution in [0, 0.1) is 0 Å². The molecule has 7 heteroatoms. The number of H-pyrrole nitrogens is 1. The van der Waals surface area contributed by atoms with Gasteiger partial charge in [0.15, 0.2) is 5.82 Å². The molecule has 13 heavy (non-hydrogen) atoms. The molecule has 2 N–H and O–H groups in total. The summed E-state index contributed by atoms with van der Waals surface area (Å²) in [5, 5.41) is 17.1. The van der Waals surface area contributed by atoms with E-state index in [9.17, 15) is 4.79 Å². The highest BCUT2D eigenvalue weighted by molar-refractivity contribution is 6.41. The number of hydrogen-bond acceptors (Lipinski definition) is 6. The van der Waals surface area contributed by atoms with E-state index in [1.807, 2.05) is 0 Å². The topological polar surface area (TPSA) is 100 Å². The van der Waals surface area contributed by atoms with Crippen molar-refractivity contribution in [1.82, 2.24) is 15.2 Å². The second-order valence-corrected chi connectivity index (χ2v) is 2.00. The van der Waals surface area contributed by atoms with Crippen molar-refractivity contribution in [3.63, 3.8) is 0 Å². The van der Waals surface area contributed by atoms with E-state index in [0.29, 0.717) is 0 Å². The molecule has 0 aromatic carbocycles. The first-order chi connectivity index (χ1) is 6.29. The molecule has 0 atom stereocenters. The molecule has 0 aliphatic heterocycles. The van der Waals surface area contributed by atoms with Gasteiger partial charge in [-0.25, -0.2) is 9.78 Å². The molecule has 0 aliphatic rings. The van der Waals surface area contributed by atoms with E-state index in [2.05, 4.69) is 25.1 Å². The number of nitrogens with one attached hydrogen (secondary N) is 1. The zero-order valence-electron chi connectivity index (χ0n) is 6.89. The smallest absolute Gasteiger partial charge is 0.364 e. The Morgan fingerprint density at radius 2 is 2.62 bits per heavy atom. The molecule has 1 heterocycles. The summed E-state index contributed by atoms with van der Waals surface area (Å²) in [4.78, 5) is 14.7. The highest BCUT2D eigenvalue weighted by atomic mass is 16.5. The number of oxime groups is 1. The van der Waals surface area contributed by atoms with Crippen LogP contribution in [0.2, 0.25) is 0 Å². The normalized spacial score (nSPS) is 11.3. The molecule has 0 spiro atoms. The Morgan fingerprint density at radius 1 is 1.85 bits per heavy atom. The Kier molecular flexibility index (Phi) is 2.96. The average molecular weight is 184 g/mol. The van der Waals surface area contributed by atoms with Crippen LogP contribution in [0.5, 0.6) is 0 Å². The number of carbonyl (C=O) groups is 1. The highest BCUT2D eigenvalue weighted by Crippen LogP contribution is 1.93. The number of esters is 1. The predicted molar refractivity (Wildman–Crippen MR) is 41.3 cm³/mol. The van der Waals surface area contributed by atoms with Crippen molar-refractivity contribution in [2.45, 2.75) is 6.92 Å². The van der Waals surface area contributed by atoms with E-state index in [1.54, 1.807) is 6.92 Å². The number of rotatable bonds is 3. The zero-order chi connectivity index (χ0) is 9.68. The number of nitrogens with zero attached hydrogens (tertiary/aromatic N) is 3. The van der Waals surface area contributed by atoms with Gasteiger partial charge < -0.3 is 9.94 Å². The summed E-state index contributed by atoms with van der Waals surface area (Å²) in [7, 11) is 0. The first-order valence-corrected chi connectivity index (χ1v) is 3.54. The SMILES string of the molecule is CCOC(=O)/C(=N\O)c1ncn[nH]1. The van der Waals surface area contributed by atoms with Crippen molar-refractivity contribution in [2.24, 2.45) is 5.16 Å². The third kappa shape index (κ3) is 2.01. The molecular formula is C6H8N4O3. The van der Waals surface area contributed by atoms with E-state index in [0.717, 1.165) is 0 Å². The Bertz CT molecular complexity index is 306. The second kappa shape index (κ2) is 4.19. The maximum Gasteiger partial charge on any atom is 0.364 e. The molecule has 7 nitrogen and oxygen atoms in total. The van der Waals surface area contributed by atoms with Crippen LogP contribution < -0.4 is 0 Å². The number of ether oxygens (including phenoxy) is 1. The van der Waals surface area contributed by atoms with Gasteiger partial charge in [0.05, 0.1) is 6.61 Å². The minimum Gasteiger partial charge on any atom is -0.461 e. The Hall–Kier alpha value is -1.92. The maximum absolute atomic E-state index is 11.1. The lowest BCUT2D eigenvalue weighted by Crippen LogP contribution is -2.20. The van der Waals surface area contributed by atoms with E-state index in [1.165, 1.54) is 6.33 Å². The Morgan fingerprint density at radius 3 is 3.08 bits per heavy atom. The standard InChI is InChI=1S/C6H8N4O3/c1-2-13-6(11)4(10-12)5-7-3-8-9-5/h3,12H,2H2,1H3,(H,7,8,9)/b10-4-. The summed E-state index contributed by atoms with van der Waals surface area (Å²) >= 11 is 0. The minimum atomic E-state index is -0.748. The minimum absolute atomic E-state index is 0.0703. The van der Waals surface area contributed by atoms with Crippen molar-refractivity contribution in [1.29, 1.82) is 0 Å². The molecule has 0 bridgehead atoms. The van der Waals surface area contributed by atoms with Crippen molar-refractivity contribution < 1.29 is 14.7 Å². The summed E-state index contributed by atoms with van der Waals surface area (Å²) in [5.74, 6) is -0.678. The van der Waals surface area contributed by atoms with Gasteiger partial charge in [-0.15, -0.1) is 0 Å². The molecule has 0 unspecified atom stereocenters. The molecule has 1 aromatic heterocycles. The average Bonchev–Trinajstić information content (AvgIpc) is 2.59. The molecule has 70 valence electrons.